The Labute approximate surface area is 168 Å². The summed E-state index contributed by atoms with van der Waals surface area (Å²) in [7, 11) is 0. The molecular weight excluding hydrogens is 344 g/mol. The van der Waals surface area contributed by atoms with Crippen LogP contribution in [-0.2, 0) is 10.2 Å². The Morgan fingerprint density at radius 3 is 2.46 bits per heavy atom. The van der Waals surface area contributed by atoms with E-state index in [0.717, 1.165) is 24.9 Å². The largest absolute Gasteiger partial charge is 0.361 e. The fourth-order valence-electron chi connectivity index (χ4n) is 3.67. The molecule has 1 heterocycles. The van der Waals surface area contributed by atoms with E-state index in [-0.39, 0.29) is 17.2 Å². The van der Waals surface area contributed by atoms with Gasteiger partial charge in [-0.2, -0.15) is 0 Å². The first kappa shape index (κ1) is 20.2. The number of unbranched alkanes of at least 4 members (excludes halogenated alkanes) is 1. The molecule has 0 aliphatic carbocycles. The number of aromatic nitrogens is 1. The Balaban J connectivity index is 1.94. The number of fused-ring (bicyclic) bond motifs is 1. The third-order valence-corrected chi connectivity index (χ3v) is 5.42. The molecule has 3 rings (SSSR count). The van der Waals surface area contributed by atoms with E-state index >= 15 is 0 Å². The molecule has 0 aliphatic rings. The third kappa shape index (κ3) is 4.64. The predicted molar refractivity (Wildman–Crippen MR) is 118 cm³/mol. The van der Waals surface area contributed by atoms with Gasteiger partial charge in [0, 0.05) is 36.0 Å². The van der Waals surface area contributed by atoms with Crippen molar-refractivity contribution in [1.29, 1.82) is 0 Å². The summed E-state index contributed by atoms with van der Waals surface area (Å²) >= 11 is 0. The van der Waals surface area contributed by atoms with Gasteiger partial charge < -0.3 is 10.3 Å². The fourth-order valence-corrected chi connectivity index (χ4v) is 3.67. The van der Waals surface area contributed by atoms with E-state index in [9.17, 15) is 4.79 Å². The number of aromatic amines is 1. The molecular formula is C25H32N2O. The first-order valence-electron chi connectivity index (χ1n) is 10.3. The molecule has 28 heavy (non-hydrogen) atoms. The van der Waals surface area contributed by atoms with Gasteiger partial charge in [-0.3, -0.25) is 4.79 Å². The molecule has 0 bridgehead atoms. The Bertz CT molecular complexity index is 916. The maximum Gasteiger partial charge on any atom is 0.220 e. The molecule has 0 unspecified atom stereocenters. The van der Waals surface area contributed by atoms with Gasteiger partial charge in [0.1, 0.15) is 0 Å². The molecule has 0 fully saturated rings. The van der Waals surface area contributed by atoms with Gasteiger partial charge in [-0.05, 0) is 34.6 Å². The molecule has 1 amide bonds. The number of carbonyl (C=O) groups is 1. The molecule has 1 aromatic heterocycles. The number of carbonyl (C=O) groups excluding carboxylic acids is 1. The molecule has 148 valence electrons. The number of hydrogen-bond acceptors (Lipinski definition) is 1. The number of para-hydroxylation sites is 1. The van der Waals surface area contributed by atoms with Crippen molar-refractivity contribution < 1.29 is 4.79 Å². The van der Waals surface area contributed by atoms with Crippen LogP contribution in [0.2, 0.25) is 0 Å². The van der Waals surface area contributed by atoms with Crippen molar-refractivity contribution in [3.05, 3.63) is 71.4 Å². The zero-order chi connectivity index (χ0) is 20.1. The minimum Gasteiger partial charge on any atom is -0.361 e. The van der Waals surface area contributed by atoms with E-state index in [4.69, 9.17) is 0 Å². The van der Waals surface area contributed by atoms with Crippen molar-refractivity contribution in [2.45, 2.75) is 58.3 Å². The average Bonchev–Trinajstić information content (AvgIpc) is 3.10. The Kier molecular flexibility index (Phi) is 6.23. The lowest BCUT2D eigenvalue weighted by Crippen LogP contribution is -2.26. The van der Waals surface area contributed by atoms with E-state index < -0.39 is 0 Å². The van der Waals surface area contributed by atoms with Crippen LogP contribution < -0.4 is 5.32 Å². The van der Waals surface area contributed by atoms with E-state index in [2.05, 4.69) is 86.7 Å². The van der Waals surface area contributed by atoms with E-state index in [1.807, 2.05) is 6.07 Å². The summed E-state index contributed by atoms with van der Waals surface area (Å²) in [5, 5.41) is 4.27. The summed E-state index contributed by atoms with van der Waals surface area (Å²) in [6.45, 7) is 9.55. The topological polar surface area (TPSA) is 44.9 Å². The van der Waals surface area contributed by atoms with E-state index in [1.165, 1.54) is 22.1 Å². The average molecular weight is 377 g/mol. The van der Waals surface area contributed by atoms with Crippen LogP contribution in [0.4, 0.5) is 0 Å². The highest BCUT2D eigenvalue weighted by atomic mass is 16.1. The minimum absolute atomic E-state index is 0.0341. The predicted octanol–water partition coefficient (Wildman–Crippen LogP) is 5.90. The van der Waals surface area contributed by atoms with Gasteiger partial charge >= 0.3 is 0 Å². The summed E-state index contributed by atoms with van der Waals surface area (Å²) in [6.07, 6.45) is 4.62. The van der Waals surface area contributed by atoms with E-state index in [1.54, 1.807) is 0 Å². The summed E-state index contributed by atoms with van der Waals surface area (Å²) in [4.78, 5) is 16.0. The van der Waals surface area contributed by atoms with Crippen molar-refractivity contribution in [3.63, 3.8) is 0 Å². The summed E-state index contributed by atoms with van der Waals surface area (Å²) in [6, 6.07) is 17.1. The molecule has 3 heteroatoms. The first-order chi connectivity index (χ1) is 13.4. The standard InChI is InChI=1S/C25H32N2O/c1-5-6-15-26-24(28)16-21(18-11-13-19(14-12-18)25(2,3)4)22-17-27-23-10-8-7-9-20(22)23/h7-14,17,21,27H,5-6,15-16H2,1-4H3,(H,26,28)/t21-/m0/s1. The SMILES string of the molecule is CCCCNC(=O)C[C@@H](c1ccc(C(C)(C)C)cc1)c1c[nH]c2ccccc12. The van der Waals surface area contributed by atoms with Crippen LogP contribution in [0, 0.1) is 0 Å². The fraction of sp³-hybridized carbons (Fsp3) is 0.400. The highest BCUT2D eigenvalue weighted by molar-refractivity contribution is 5.86. The van der Waals surface area contributed by atoms with Crippen LogP contribution >= 0.6 is 0 Å². The second-order valence-electron chi connectivity index (χ2n) is 8.62. The van der Waals surface area contributed by atoms with Crippen LogP contribution in [-0.4, -0.2) is 17.4 Å². The van der Waals surface area contributed by atoms with Crippen molar-refractivity contribution >= 4 is 16.8 Å². The second kappa shape index (κ2) is 8.64. The Hall–Kier alpha value is -2.55. The molecule has 2 aromatic carbocycles. The van der Waals surface area contributed by atoms with Crippen LogP contribution in [0.15, 0.2) is 54.7 Å². The summed E-state index contributed by atoms with van der Waals surface area (Å²) < 4.78 is 0. The number of amides is 1. The number of benzene rings is 2. The van der Waals surface area contributed by atoms with Gasteiger partial charge in [-0.1, -0.05) is 76.6 Å². The number of hydrogen-bond donors (Lipinski definition) is 2. The summed E-state index contributed by atoms with van der Waals surface area (Å²) in [5.41, 5.74) is 4.90. The lowest BCUT2D eigenvalue weighted by Gasteiger charge is -2.22. The number of rotatable bonds is 7. The molecule has 2 N–H and O–H groups in total. The smallest absolute Gasteiger partial charge is 0.220 e. The van der Waals surface area contributed by atoms with Crippen molar-refractivity contribution in [1.82, 2.24) is 10.3 Å². The zero-order valence-electron chi connectivity index (χ0n) is 17.5. The molecule has 0 saturated carbocycles. The van der Waals surface area contributed by atoms with Gasteiger partial charge in [-0.25, -0.2) is 0 Å². The Morgan fingerprint density at radius 2 is 1.79 bits per heavy atom. The zero-order valence-corrected chi connectivity index (χ0v) is 17.5. The van der Waals surface area contributed by atoms with Gasteiger partial charge in [-0.15, -0.1) is 0 Å². The third-order valence-electron chi connectivity index (χ3n) is 5.42. The maximum atomic E-state index is 12.6. The van der Waals surface area contributed by atoms with Gasteiger partial charge in [0.2, 0.25) is 5.91 Å². The normalized spacial score (nSPS) is 12.9. The molecule has 3 aromatic rings. The molecule has 3 nitrogen and oxygen atoms in total. The number of H-pyrrole nitrogens is 1. The molecule has 0 aliphatic heterocycles. The first-order valence-corrected chi connectivity index (χ1v) is 10.3. The minimum atomic E-state index is 0.0341. The van der Waals surface area contributed by atoms with Crippen LogP contribution in [0.3, 0.4) is 0 Å². The van der Waals surface area contributed by atoms with Gasteiger partial charge in [0.25, 0.3) is 0 Å². The molecule has 0 spiro atoms. The molecule has 1 atom stereocenters. The lowest BCUT2D eigenvalue weighted by atomic mass is 9.83. The van der Waals surface area contributed by atoms with Crippen molar-refractivity contribution in [2.24, 2.45) is 0 Å². The van der Waals surface area contributed by atoms with Gasteiger partial charge in [0.15, 0.2) is 0 Å². The monoisotopic (exact) mass is 376 g/mol. The Morgan fingerprint density at radius 1 is 1.07 bits per heavy atom. The maximum absolute atomic E-state index is 12.6. The van der Waals surface area contributed by atoms with Crippen molar-refractivity contribution in [3.8, 4) is 0 Å². The second-order valence-corrected chi connectivity index (χ2v) is 8.62. The lowest BCUT2D eigenvalue weighted by molar-refractivity contribution is -0.121. The van der Waals surface area contributed by atoms with Crippen LogP contribution in [0.1, 0.15) is 69.6 Å². The highest BCUT2D eigenvalue weighted by Gasteiger charge is 2.22. The van der Waals surface area contributed by atoms with Gasteiger partial charge in [0.05, 0.1) is 0 Å². The quantitative estimate of drug-likeness (QED) is 0.495. The van der Waals surface area contributed by atoms with Crippen molar-refractivity contribution in [2.75, 3.05) is 6.54 Å². The molecule has 0 saturated heterocycles. The van der Waals surface area contributed by atoms with Crippen LogP contribution in [0.5, 0.6) is 0 Å². The highest BCUT2D eigenvalue weighted by Crippen LogP contribution is 2.34. The number of nitrogens with one attached hydrogen (secondary N) is 2. The summed E-state index contributed by atoms with van der Waals surface area (Å²) in [5.74, 6) is 0.149. The van der Waals surface area contributed by atoms with E-state index in [0.29, 0.717) is 6.42 Å². The molecule has 0 radical (unpaired) electrons. The van der Waals surface area contributed by atoms with Crippen LogP contribution in [0.25, 0.3) is 10.9 Å².